The molecule has 0 radical (unpaired) electrons. The van der Waals surface area contributed by atoms with Crippen molar-refractivity contribution in [1.82, 2.24) is 5.32 Å². The minimum atomic E-state index is -0.0959. The minimum absolute atomic E-state index is 0.0177. The van der Waals surface area contributed by atoms with Gasteiger partial charge in [0.1, 0.15) is 5.75 Å². The fourth-order valence-corrected chi connectivity index (χ4v) is 2.82. The third kappa shape index (κ3) is 4.85. The van der Waals surface area contributed by atoms with E-state index in [0.717, 1.165) is 18.6 Å². The highest BCUT2D eigenvalue weighted by Crippen LogP contribution is 2.21. The van der Waals surface area contributed by atoms with E-state index in [9.17, 15) is 4.79 Å². The lowest BCUT2D eigenvalue weighted by Crippen LogP contribution is -2.32. The summed E-state index contributed by atoms with van der Waals surface area (Å²) in [5.74, 6) is 0.628. The number of hydrogen-bond donors (Lipinski definition) is 1. The molecule has 0 fully saturated rings. The lowest BCUT2D eigenvalue weighted by molar-refractivity contribution is -0.123. The third-order valence-electron chi connectivity index (χ3n) is 4.25. The van der Waals surface area contributed by atoms with Crippen molar-refractivity contribution in [3.05, 3.63) is 64.7 Å². The maximum absolute atomic E-state index is 12.2. The molecule has 3 nitrogen and oxygen atoms in total. The maximum Gasteiger partial charge on any atom is 0.258 e. The topological polar surface area (TPSA) is 38.3 Å². The van der Waals surface area contributed by atoms with Crippen molar-refractivity contribution in [2.75, 3.05) is 6.61 Å². The normalized spacial score (nSPS) is 11.8. The molecule has 0 saturated heterocycles. The number of rotatable bonds is 7. The van der Waals surface area contributed by atoms with Crippen LogP contribution >= 0.6 is 0 Å². The number of hydrogen-bond acceptors (Lipinski definition) is 2. The lowest BCUT2D eigenvalue weighted by Gasteiger charge is -2.20. The van der Waals surface area contributed by atoms with Crippen LogP contribution in [0.5, 0.6) is 5.75 Å². The average molecular weight is 325 g/mol. The zero-order valence-electron chi connectivity index (χ0n) is 15.1. The van der Waals surface area contributed by atoms with E-state index in [4.69, 9.17) is 4.74 Å². The van der Waals surface area contributed by atoms with Gasteiger partial charge in [0, 0.05) is 0 Å². The van der Waals surface area contributed by atoms with Crippen LogP contribution in [-0.2, 0) is 11.2 Å². The summed E-state index contributed by atoms with van der Waals surface area (Å²) in [6.45, 7) is 8.39. The van der Waals surface area contributed by atoms with Crippen molar-refractivity contribution in [3.63, 3.8) is 0 Å². The molecular weight excluding hydrogens is 298 g/mol. The molecule has 1 atom stereocenters. The Hall–Kier alpha value is -2.29. The van der Waals surface area contributed by atoms with Crippen LogP contribution in [-0.4, -0.2) is 12.5 Å². The molecular formula is C21H27NO2. The van der Waals surface area contributed by atoms with Gasteiger partial charge in [-0.1, -0.05) is 49.7 Å². The molecule has 1 amide bonds. The molecule has 2 aromatic carbocycles. The van der Waals surface area contributed by atoms with Gasteiger partial charge >= 0.3 is 0 Å². The Balaban J connectivity index is 1.93. The van der Waals surface area contributed by atoms with Crippen molar-refractivity contribution >= 4 is 5.91 Å². The van der Waals surface area contributed by atoms with Crippen LogP contribution in [0.15, 0.2) is 42.5 Å². The standard InChI is InChI=1S/C21H27NO2/c1-5-17-8-10-18(11-9-17)24-14-21(23)22-20(6-2)19-12-7-15(3)13-16(19)4/h7-13,20H,5-6,14H2,1-4H3,(H,22,23). The van der Waals surface area contributed by atoms with Gasteiger partial charge in [0.05, 0.1) is 6.04 Å². The molecule has 0 aromatic heterocycles. The Kier molecular flexibility index (Phi) is 6.42. The predicted molar refractivity (Wildman–Crippen MR) is 98.4 cm³/mol. The van der Waals surface area contributed by atoms with E-state index in [2.05, 4.69) is 51.2 Å². The first-order valence-electron chi connectivity index (χ1n) is 8.61. The minimum Gasteiger partial charge on any atom is -0.484 e. The number of amides is 1. The number of nitrogens with one attached hydrogen (secondary N) is 1. The van der Waals surface area contributed by atoms with Crippen molar-refractivity contribution < 1.29 is 9.53 Å². The summed E-state index contributed by atoms with van der Waals surface area (Å²) >= 11 is 0. The van der Waals surface area contributed by atoms with Crippen molar-refractivity contribution in [1.29, 1.82) is 0 Å². The largest absolute Gasteiger partial charge is 0.484 e. The monoisotopic (exact) mass is 325 g/mol. The Labute approximate surface area is 145 Å². The molecule has 0 bridgehead atoms. The lowest BCUT2D eigenvalue weighted by atomic mass is 9.97. The van der Waals surface area contributed by atoms with Crippen LogP contribution in [0.3, 0.4) is 0 Å². The summed E-state index contributed by atoms with van der Waals surface area (Å²) in [7, 11) is 0. The first-order chi connectivity index (χ1) is 11.5. The molecule has 0 spiro atoms. The summed E-state index contributed by atoms with van der Waals surface area (Å²) in [6, 6.07) is 14.2. The smallest absolute Gasteiger partial charge is 0.258 e. The van der Waals surface area contributed by atoms with E-state index in [1.165, 1.54) is 22.3 Å². The molecule has 24 heavy (non-hydrogen) atoms. The zero-order chi connectivity index (χ0) is 17.5. The number of benzene rings is 2. The highest BCUT2D eigenvalue weighted by molar-refractivity contribution is 5.78. The summed E-state index contributed by atoms with van der Waals surface area (Å²) in [5, 5.41) is 3.07. The van der Waals surface area contributed by atoms with Crippen molar-refractivity contribution in [3.8, 4) is 5.75 Å². The van der Waals surface area contributed by atoms with Crippen LogP contribution in [0.1, 0.15) is 48.6 Å². The van der Waals surface area contributed by atoms with E-state index in [1.807, 2.05) is 24.3 Å². The van der Waals surface area contributed by atoms with E-state index in [0.29, 0.717) is 0 Å². The van der Waals surface area contributed by atoms with Gasteiger partial charge < -0.3 is 10.1 Å². The molecule has 0 saturated carbocycles. The Morgan fingerprint density at radius 2 is 1.79 bits per heavy atom. The molecule has 1 N–H and O–H groups in total. The van der Waals surface area contributed by atoms with Gasteiger partial charge in [0.25, 0.3) is 5.91 Å². The van der Waals surface area contributed by atoms with Gasteiger partial charge in [-0.25, -0.2) is 0 Å². The fraction of sp³-hybridized carbons (Fsp3) is 0.381. The highest BCUT2D eigenvalue weighted by atomic mass is 16.5. The van der Waals surface area contributed by atoms with Crippen LogP contribution in [0, 0.1) is 13.8 Å². The Morgan fingerprint density at radius 3 is 2.38 bits per heavy atom. The summed E-state index contributed by atoms with van der Waals surface area (Å²) < 4.78 is 5.59. The quantitative estimate of drug-likeness (QED) is 0.813. The molecule has 0 aliphatic heterocycles. The van der Waals surface area contributed by atoms with Gasteiger partial charge in [0.15, 0.2) is 6.61 Å². The summed E-state index contributed by atoms with van der Waals surface area (Å²) in [4.78, 5) is 12.2. The van der Waals surface area contributed by atoms with Gasteiger partial charge in [0.2, 0.25) is 0 Å². The highest BCUT2D eigenvalue weighted by Gasteiger charge is 2.15. The SMILES string of the molecule is CCc1ccc(OCC(=O)NC(CC)c2ccc(C)cc2C)cc1. The molecule has 3 heteroatoms. The van der Waals surface area contributed by atoms with Crippen LogP contribution in [0.4, 0.5) is 0 Å². The third-order valence-corrected chi connectivity index (χ3v) is 4.25. The number of aryl methyl sites for hydroxylation is 3. The van der Waals surface area contributed by atoms with E-state index >= 15 is 0 Å². The van der Waals surface area contributed by atoms with Crippen molar-refractivity contribution in [2.45, 2.75) is 46.6 Å². The second-order valence-electron chi connectivity index (χ2n) is 6.17. The molecule has 128 valence electrons. The molecule has 0 aliphatic rings. The van der Waals surface area contributed by atoms with Gasteiger partial charge in [-0.15, -0.1) is 0 Å². The first kappa shape index (κ1) is 18.1. The second-order valence-corrected chi connectivity index (χ2v) is 6.17. The zero-order valence-corrected chi connectivity index (χ0v) is 15.1. The number of carbonyl (C=O) groups is 1. The first-order valence-corrected chi connectivity index (χ1v) is 8.61. The molecule has 2 rings (SSSR count). The van der Waals surface area contributed by atoms with Gasteiger partial charge in [-0.2, -0.15) is 0 Å². The summed E-state index contributed by atoms with van der Waals surface area (Å²) in [6.07, 6.45) is 1.84. The maximum atomic E-state index is 12.2. The molecule has 2 aromatic rings. The fourth-order valence-electron chi connectivity index (χ4n) is 2.82. The average Bonchev–Trinajstić information content (AvgIpc) is 2.59. The Bertz CT molecular complexity index is 677. The molecule has 0 aliphatic carbocycles. The number of carbonyl (C=O) groups excluding carboxylic acids is 1. The molecule has 1 unspecified atom stereocenters. The number of ether oxygens (including phenoxy) is 1. The van der Waals surface area contributed by atoms with Gasteiger partial charge in [-0.05, 0) is 55.5 Å². The van der Waals surface area contributed by atoms with E-state index in [-0.39, 0.29) is 18.6 Å². The van der Waals surface area contributed by atoms with Crippen LogP contribution in [0.25, 0.3) is 0 Å². The molecule has 0 heterocycles. The van der Waals surface area contributed by atoms with Crippen LogP contribution < -0.4 is 10.1 Å². The second kappa shape index (κ2) is 8.53. The Morgan fingerprint density at radius 1 is 1.08 bits per heavy atom. The van der Waals surface area contributed by atoms with E-state index in [1.54, 1.807) is 0 Å². The van der Waals surface area contributed by atoms with Gasteiger partial charge in [-0.3, -0.25) is 4.79 Å². The summed E-state index contributed by atoms with van der Waals surface area (Å²) in [5.41, 5.74) is 4.87. The van der Waals surface area contributed by atoms with Crippen LogP contribution in [0.2, 0.25) is 0 Å². The van der Waals surface area contributed by atoms with E-state index < -0.39 is 0 Å². The predicted octanol–water partition coefficient (Wildman–Crippen LogP) is 4.51. The van der Waals surface area contributed by atoms with Crippen molar-refractivity contribution in [2.24, 2.45) is 0 Å².